The average molecular weight is 210 g/mol. The number of carbonyl (C=O) groups is 1. The molecule has 1 aromatic rings. The van der Waals surface area contributed by atoms with E-state index >= 15 is 0 Å². The van der Waals surface area contributed by atoms with Crippen molar-refractivity contribution in [3.8, 4) is 0 Å². The molecule has 0 aromatic carbocycles. The fourth-order valence-corrected chi connectivity index (χ4v) is 1.22. The molecule has 4 heteroatoms. The quantitative estimate of drug-likeness (QED) is 0.769. The van der Waals surface area contributed by atoms with E-state index in [1.54, 1.807) is 12.3 Å². The molecule has 0 spiro atoms. The second kappa shape index (κ2) is 5.56. The van der Waals surface area contributed by atoms with Crippen LogP contribution in [-0.2, 0) is 11.3 Å². The van der Waals surface area contributed by atoms with E-state index in [0.717, 1.165) is 12.2 Å². The van der Waals surface area contributed by atoms with E-state index in [4.69, 9.17) is 10.2 Å². The van der Waals surface area contributed by atoms with Crippen molar-refractivity contribution in [3.05, 3.63) is 24.2 Å². The number of nitrogens with two attached hydrogens (primary N) is 1. The Kier molecular flexibility index (Phi) is 4.37. The van der Waals surface area contributed by atoms with Gasteiger partial charge in [0.05, 0.1) is 18.8 Å². The largest absolute Gasteiger partial charge is 0.467 e. The van der Waals surface area contributed by atoms with Gasteiger partial charge in [-0.05, 0) is 18.1 Å². The van der Waals surface area contributed by atoms with Crippen LogP contribution in [0.5, 0.6) is 0 Å². The lowest BCUT2D eigenvalue weighted by Crippen LogP contribution is -2.44. The Morgan fingerprint density at radius 1 is 1.67 bits per heavy atom. The molecular formula is C11H18N2O2. The number of rotatable bonds is 5. The number of hydrogen-bond donors (Lipinski definition) is 2. The van der Waals surface area contributed by atoms with Crippen LogP contribution in [0.4, 0.5) is 0 Å². The topological polar surface area (TPSA) is 68.3 Å². The molecule has 0 aliphatic rings. The molecule has 0 aliphatic carbocycles. The van der Waals surface area contributed by atoms with Gasteiger partial charge >= 0.3 is 0 Å². The number of carbonyl (C=O) groups excluding carboxylic acids is 1. The summed E-state index contributed by atoms with van der Waals surface area (Å²) in [6, 6.07) is 3.16. The van der Waals surface area contributed by atoms with Crippen molar-refractivity contribution in [2.45, 2.75) is 32.9 Å². The van der Waals surface area contributed by atoms with Crippen LogP contribution in [0.1, 0.15) is 26.0 Å². The summed E-state index contributed by atoms with van der Waals surface area (Å²) in [5.74, 6) is 0.807. The number of hydrogen-bond acceptors (Lipinski definition) is 3. The Bertz CT molecular complexity index is 296. The summed E-state index contributed by atoms with van der Waals surface area (Å²) in [4.78, 5) is 11.6. The third-order valence-corrected chi connectivity index (χ3v) is 2.58. The predicted molar refractivity (Wildman–Crippen MR) is 58.0 cm³/mol. The summed E-state index contributed by atoms with van der Waals surface area (Å²) in [6.07, 6.45) is 2.48. The maximum atomic E-state index is 11.6. The Balaban J connectivity index is 2.36. The SMILES string of the molecule is CCC(C)[C@H](N)C(=O)NCc1ccco1. The molecule has 0 saturated heterocycles. The highest BCUT2D eigenvalue weighted by Crippen LogP contribution is 2.05. The molecule has 1 unspecified atom stereocenters. The van der Waals surface area contributed by atoms with Crippen molar-refractivity contribution < 1.29 is 9.21 Å². The second-order valence-corrected chi connectivity index (χ2v) is 3.71. The van der Waals surface area contributed by atoms with Crippen LogP contribution < -0.4 is 11.1 Å². The van der Waals surface area contributed by atoms with Crippen molar-refractivity contribution >= 4 is 5.91 Å². The van der Waals surface area contributed by atoms with E-state index < -0.39 is 6.04 Å². The van der Waals surface area contributed by atoms with Crippen molar-refractivity contribution in [3.63, 3.8) is 0 Å². The van der Waals surface area contributed by atoms with Crippen LogP contribution in [0.3, 0.4) is 0 Å². The molecule has 0 saturated carbocycles. The normalized spacial score (nSPS) is 14.6. The first-order valence-corrected chi connectivity index (χ1v) is 5.20. The molecule has 0 radical (unpaired) electrons. The molecule has 1 amide bonds. The summed E-state index contributed by atoms with van der Waals surface area (Å²) < 4.78 is 5.09. The van der Waals surface area contributed by atoms with Gasteiger partial charge in [0, 0.05) is 0 Å². The smallest absolute Gasteiger partial charge is 0.237 e. The predicted octanol–water partition coefficient (Wildman–Crippen LogP) is 1.27. The van der Waals surface area contributed by atoms with Crippen LogP contribution >= 0.6 is 0 Å². The minimum absolute atomic E-state index is 0.124. The van der Waals surface area contributed by atoms with Gasteiger partial charge in [0.2, 0.25) is 5.91 Å². The highest BCUT2D eigenvalue weighted by atomic mass is 16.3. The first-order valence-electron chi connectivity index (χ1n) is 5.20. The second-order valence-electron chi connectivity index (χ2n) is 3.71. The zero-order valence-electron chi connectivity index (χ0n) is 9.19. The number of furan rings is 1. The average Bonchev–Trinajstić information content (AvgIpc) is 2.76. The third kappa shape index (κ3) is 3.40. The number of nitrogens with one attached hydrogen (secondary N) is 1. The molecular weight excluding hydrogens is 192 g/mol. The van der Waals surface area contributed by atoms with Gasteiger partial charge < -0.3 is 15.5 Å². The van der Waals surface area contributed by atoms with Gasteiger partial charge in [0.15, 0.2) is 0 Å². The summed E-state index contributed by atoms with van der Waals surface area (Å²) >= 11 is 0. The molecule has 0 bridgehead atoms. The molecule has 4 nitrogen and oxygen atoms in total. The first-order chi connectivity index (χ1) is 7.15. The van der Waals surface area contributed by atoms with E-state index in [2.05, 4.69) is 5.32 Å². The molecule has 2 atom stereocenters. The molecule has 0 fully saturated rings. The molecule has 84 valence electrons. The maximum Gasteiger partial charge on any atom is 0.237 e. The standard InChI is InChI=1S/C11H18N2O2/c1-3-8(2)10(12)11(14)13-7-9-5-4-6-15-9/h4-6,8,10H,3,7,12H2,1-2H3,(H,13,14)/t8?,10-/m0/s1. The lowest BCUT2D eigenvalue weighted by molar-refractivity contribution is -0.123. The van der Waals surface area contributed by atoms with Gasteiger partial charge in [-0.2, -0.15) is 0 Å². The molecule has 1 heterocycles. The highest BCUT2D eigenvalue weighted by Gasteiger charge is 2.18. The van der Waals surface area contributed by atoms with Gasteiger partial charge in [0.1, 0.15) is 5.76 Å². The Labute approximate surface area is 89.8 Å². The van der Waals surface area contributed by atoms with Gasteiger partial charge in [-0.25, -0.2) is 0 Å². The Morgan fingerprint density at radius 3 is 2.93 bits per heavy atom. The van der Waals surface area contributed by atoms with E-state index in [-0.39, 0.29) is 11.8 Å². The van der Waals surface area contributed by atoms with Gasteiger partial charge in [-0.3, -0.25) is 4.79 Å². The van der Waals surface area contributed by atoms with Crippen molar-refractivity contribution in [2.24, 2.45) is 11.7 Å². The minimum atomic E-state index is -0.440. The van der Waals surface area contributed by atoms with Crippen LogP contribution in [0, 0.1) is 5.92 Å². The summed E-state index contributed by atoms with van der Waals surface area (Å²) in [6.45, 7) is 4.39. The lowest BCUT2D eigenvalue weighted by atomic mass is 9.99. The van der Waals surface area contributed by atoms with Crippen LogP contribution in [0.25, 0.3) is 0 Å². The van der Waals surface area contributed by atoms with Crippen molar-refractivity contribution in [1.29, 1.82) is 0 Å². The summed E-state index contributed by atoms with van der Waals surface area (Å²) in [5, 5.41) is 2.74. The Morgan fingerprint density at radius 2 is 2.40 bits per heavy atom. The fourth-order valence-electron chi connectivity index (χ4n) is 1.22. The fraction of sp³-hybridized carbons (Fsp3) is 0.545. The lowest BCUT2D eigenvalue weighted by Gasteiger charge is -2.17. The zero-order chi connectivity index (χ0) is 11.3. The van der Waals surface area contributed by atoms with Crippen molar-refractivity contribution in [2.75, 3.05) is 0 Å². The van der Waals surface area contributed by atoms with Crippen LogP contribution in [0.15, 0.2) is 22.8 Å². The summed E-state index contributed by atoms with van der Waals surface area (Å²) in [5.41, 5.74) is 5.77. The minimum Gasteiger partial charge on any atom is -0.467 e. The van der Waals surface area contributed by atoms with Gasteiger partial charge in [0.25, 0.3) is 0 Å². The van der Waals surface area contributed by atoms with Crippen LogP contribution in [-0.4, -0.2) is 11.9 Å². The van der Waals surface area contributed by atoms with E-state index in [1.165, 1.54) is 0 Å². The van der Waals surface area contributed by atoms with Gasteiger partial charge in [-0.15, -0.1) is 0 Å². The first kappa shape index (κ1) is 11.8. The number of amides is 1. The van der Waals surface area contributed by atoms with E-state index in [9.17, 15) is 4.79 Å². The van der Waals surface area contributed by atoms with Gasteiger partial charge in [-0.1, -0.05) is 20.3 Å². The van der Waals surface area contributed by atoms with E-state index in [1.807, 2.05) is 19.9 Å². The highest BCUT2D eigenvalue weighted by molar-refractivity contribution is 5.81. The third-order valence-electron chi connectivity index (χ3n) is 2.58. The van der Waals surface area contributed by atoms with E-state index in [0.29, 0.717) is 6.54 Å². The monoisotopic (exact) mass is 210 g/mol. The molecule has 0 aliphatic heterocycles. The zero-order valence-corrected chi connectivity index (χ0v) is 9.19. The molecule has 3 N–H and O–H groups in total. The van der Waals surface area contributed by atoms with Crippen LogP contribution in [0.2, 0.25) is 0 Å². The molecule has 1 rings (SSSR count). The summed E-state index contributed by atoms with van der Waals surface area (Å²) in [7, 11) is 0. The van der Waals surface area contributed by atoms with Crippen molar-refractivity contribution in [1.82, 2.24) is 5.32 Å². The Hall–Kier alpha value is -1.29. The maximum absolute atomic E-state index is 11.6. The molecule has 15 heavy (non-hydrogen) atoms. The molecule has 1 aromatic heterocycles.